The first-order valence-corrected chi connectivity index (χ1v) is 15.8. The number of nitrogens with zero attached hydrogens (tertiary/aromatic N) is 1. The van der Waals surface area contributed by atoms with Crippen LogP contribution >= 0.6 is 0 Å². The van der Waals surface area contributed by atoms with Gasteiger partial charge in [0.25, 0.3) is 10.0 Å². The molecular weight excluding hydrogens is 502 g/mol. The van der Waals surface area contributed by atoms with Crippen LogP contribution in [0.2, 0.25) is 0 Å². The number of benzene rings is 2. The number of para-hydroxylation sites is 1. The van der Waals surface area contributed by atoms with Gasteiger partial charge in [-0.2, -0.15) is 0 Å². The molecule has 5 rings (SSSR count). The minimum Gasteiger partial charge on any atom is -0.393 e. The van der Waals surface area contributed by atoms with Crippen LogP contribution in [0.25, 0.3) is 10.9 Å². The van der Waals surface area contributed by atoms with Crippen molar-refractivity contribution in [1.29, 1.82) is 0 Å². The molecule has 2 fully saturated rings. The highest BCUT2D eigenvalue weighted by atomic mass is 32.2. The Labute approximate surface area is 234 Å². The van der Waals surface area contributed by atoms with E-state index in [1.807, 2.05) is 36.5 Å². The highest BCUT2D eigenvalue weighted by molar-refractivity contribution is 7.90. The number of rotatable bonds is 7. The molecular formula is C34H43NO3S. The second-order valence-electron chi connectivity index (χ2n) is 12.7. The highest BCUT2D eigenvalue weighted by Crippen LogP contribution is 2.63. The maximum Gasteiger partial charge on any atom is 0.268 e. The zero-order valence-corrected chi connectivity index (χ0v) is 24.7. The maximum absolute atomic E-state index is 13.7. The predicted molar refractivity (Wildman–Crippen MR) is 160 cm³/mol. The lowest BCUT2D eigenvalue weighted by atomic mass is 9.45. The smallest absolute Gasteiger partial charge is 0.268 e. The third-order valence-electron chi connectivity index (χ3n) is 10.1. The van der Waals surface area contributed by atoms with Gasteiger partial charge in [0, 0.05) is 11.6 Å². The van der Waals surface area contributed by atoms with Gasteiger partial charge < -0.3 is 5.11 Å². The lowest BCUT2D eigenvalue weighted by Gasteiger charge is -2.60. The Bertz CT molecular complexity index is 1500. The van der Waals surface area contributed by atoms with Gasteiger partial charge in [0.2, 0.25) is 0 Å². The molecule has 208 valence electrons. The van der Waals surface area contributed by atoms with Crippen LogP contribution in [0.15, 0.2) is 89.5 Å². The minimum atomic E-state index is -3.73. The van der Waals surface area contributed by atoms with Crippen LogP contribution in [0.4, 0.5) is 0 Å². The molecule has 0 aliphatic heterocycles. The molecule has 2 aliphatic rings. The van der Waals surface area contributed by atoms with E-state index in [4.69, 9.17) is 0 Å². The fraction of sp³-hybridized carbons (Fsp3) is 0.471. The summed E-state index contributed by atoms with van der Waals surface area (Å²) in [6.07, 6.45) is 10.3. The Hall–Kier alpha value is -2.63. The van der Waals surface area contributed by atoms with Gasteiger partial charge in [-0.25, -0.2) is 12.4 Å². The lowest BCUT2D eigenvalue weighted by Crippen LogP contribution is -2.56. The monoisotopic (exact) mass is 545 g/mol. The summed E-state index contributed by atoms with van der Waals surface area (Å²) >= 11 is 0. The van der Waals surface area contributed by atoms with Gasteiger partial charge in [-0.05, 0) is 105 Å². The van der Waals surface area contributed by atoms with Crippen molar-refractivity contribution in [3.63, 3.8) is 0 Å². The first kappa shape index (κ1) is 27.9. The first-order chi connectivity index (χ1) is 18.5. The van der Waals surface area contributed by atoms with E-state index in [0.717, 1.165) is 55.9 Å². The molecule has 0 bridgehead atoms. The number of aliphatic hydroxyl groups excluding tert-OH is 1. The van der Waals surface area contributed by atoms with Gasteiger partial charge in [-0.1, -0.05) is 74.0 Å². The van der Waals surface area contributed by atoms with Crippen LogP contribution in [0.1, 0.15) is 71.8 Å². The molecule has 39 heavy (non-hydrogen) atoms. The normalized spacial score (nSPS) is 29.3. The number of aromatic nitrogens is 1. The summed E-state index contributed by atoms with van der Waals surface area (Å²) < 4.78 is 28.8. The third kappa shape index (κ3) is 4.82. The second kappa shape index (κ2) is 10.4. The van der Waals surface area contributed by atoms with E-state index in [-0.39, 0.29) is 22.9 Å². The molecule has 0 saturated heterocycles. The van der Waals surface area contributed by atoms with Crippen LogP contribution in [-0.4, -0.2) is 23.6 Å². The summed E-state index contributed by atoms with van der Waals surface area (Å²) in [6.45, 7) is 13.6. The van der Waals surface area contributed by atoms with Gasteiger partial charge in [-0.3, -0.25) is 0 Å². The summed E-state index contributed by atoms with van der Waals surface area (Å²) in [7, 11) is -3.73. The lowest BCUT2D eigenvalue weighted by molar-refractivity contribution is -0.136. The second-order valence-corrected chi connectivity index (χ2v) is 14.5. The molecule has 4 nitrogen and oxygen atoms in total. The predicted octanol–water partition coefficient (Wildman–Crippen LogP) is 7.92. The van der Waals surface area contributed by atoms with Crippen LogP contribution in [0.3, 0.4) is 0 Å². The van der Waals surface area contributed by atoms with E-state index in [1.165, 1.54) is 15.1 Å². The van der Waals surface area contributed by atoms with Crippen molar-refractivity contribution in [2.45, 2.75) is 83.6 Å². The van der Waals surface area contributed by atoms with Gasteiger partial charge >= 0.3 is 0 Å². The van der Waals surface area contributed by atoms with Crippen molar-refractivity contribution in [3.05, 3.63) is 90.2 Å². The van der Waals surface area contributed by atoms with E-state index in [0.29, 0.717) is 16.3 Å². The van der Waals surface area contributed by atoms with E-state index in [2.05, 4.69) is 40.3 Å². The Balaban J connectivity index is 1.54. The van der Waals surface area contributed by atoms with E-state index < -0.39 is 10.0 Å². The standard InChI is InChI=1S/C34H43NO3S/c1-24(2)12-11-20-34(5)31-18-17-25(3)29(33(31,4)21-19-32(34)36)22-26-23-35(30-16-10-9-15-28(26)30)39(37,38)27-13-7-6-8-14-27/h6-10,12-16,23,29,31-32,36H,3,11,17-22H2,1-2,4-5H3/t29-,31+,32-,33+,34-/m0/s1. The topological polar surface area (TPSA) is 59.3 Å². The number of allylic oxidation sites excluding steroid dienone is 3. The Morgan fingerprint density at radius 3 is 2.49 bits per heavy atom. The number of hydrogen-bond acceptors (Lipinski definition) is 3. The average molecular weight is 546 g/mol. The fourth-order valence-corrected chi connectivity index (χ4v) is 9.29. The van der Waals surface area contributed by atoms with Crippen molar-refractivity contribution in [2.24, 2.45) is 22.7 Å². The summed E-state index contributed by atoms with van der Waals surface area (Å²) in [4.78, 5) is 0.291. The van der Waals surface area contributed by atoms with Crippen molar-refractivity contribution in [3.8, 4) is 0 Å². The van der Waals surface area contributed by atoms with E-state index in [1.54, 1.807) is 24.3 Å². The highest BCUT2D eigenvalue weighted by Gasteiger charge is 2.57. The van der Waals surface area contributed by atoms with E-state index >= 15 is 0 Å². The van der Waals surface area contributed by atoms with Crippen LogP contribution in [-0.2, 0) is 16.4 Å². The maximum atomic E-state index is 13.7. The molecule has 3 aromatic rings. The molecule has 0 unspecified atom stereocenters. The molecule has 2 saturated carbocycles. The molecule has 5 heteroatoms. The van der Waals surface area contributed by atoms with Gasteiger partial charge in [0.1, 0.15) is 0 Å². The summed E-state index contributed by atoms with van der Waals surface area (Å²) in [5.74, 6) is 0.612. The summed E-state index contributed by atoms with van der Waals surface area (Å²) in [5, 5.41) is 12.3. The molecule has 1 N–H and O–H groups in total. The zero-order valence-electron chi connectivity index (χ0n) is 23.9. The number of hydrogen-bond donors (Lipinski definition) is 1. The van der Waals surface area contributed by atoms with Gasteiger partial charge in [-0.15, -0.1) is 0 Å². The van der Waals surface area contributed by atoms with Crippen LogP contribution in [0, 0.1) is 22.7 Å². The largest absolute Gasteiger partial charge is 0.393 e. The van der Waals surface area contributed by atoms with Crippen molar-refractivity contribution in [2.75, 3.05) is 0 Å². The SMILES string of the molecule is C=C1CC[C@H]2[C@](C)(CCC=C(C)C)[C@@H](O)CC[C@]2(C)[C@H]1Cc1cn(S(=O)(=O)c2ccccc2)c2ccccc12. The molecule has 0 spiro atoms. The molecule has 1 aromatic heterocycles. The van der Waals surface area contributed by atoms with Crippen LogP contribution < -0.4 is 0 Å². The minimum absolute atomic E-state index is 0.00417. The van der Waals surface area contributed by atoms with Crippen LogP contribution in [0.5, 0.6) is 0 Å². The van der Waals surface area contributed by atoms with Crippen molar-refractivity contribution >= 4 is 20.9 Å². The van der Waals surface area contributed by atoms with Gasteiger partial charge in [0.15, 0.2) is 0 Å². The Morgan fingerprint density at radius 2 is 1.77 bits per heavy atom. The number of aliphatic hydroxyl groups is 1. The molecule has 2 aromatic carbocycles. The molecule has 2 aliphatic carbocycles. The molecule has 5 atom stereocenters. The van der Waals surface area contributed by atoms with Crippen molar-refractivity contribution < 1.29 is 13.5 Å². The zero-order chi connectivity index (χ0) is 28.0. The summed E-state index contributed by atoms with van der Waals surface area (Å²) in [5.41, 5.74) is 4.20. The van der Waals surface area contributed by atoms with Crippen molar-refractivity contribution in [1.82, 2.24) is 3.97 Å². The Morgan fingerprint density at radius 1 is 1.08 bits per heavy atom. The molecule has 0 amide bonds. The first-order valence-electron chi connectivity index (χ1n) is 14.4. The number of fused-ring (bicyclic) bond motifs is 2. The van der Waals surface area contributed by atoms with Gasteiger partial charge in [0.05, 0.1) is 16.5 Å². The average Bonchev–Trinajstić information content (AvgIpc) is 3.28. The third-order valence-corrected chi connectivity index (χ3v) is 11.8. The quantitative estimate of drug-likeness (QED) is 0.307. The Kier molecular flexibility index (Phi) is 7.45. The molecule has 1 heterocycles. The molecule has 0 radical (unpaired) electrons. The fourth-order valence-electron chi connectivity index (χ4n) is 7.88. The summed E-state index contributed by atoms with van der Waals surface area (Å²) in [6, 6.07) is 16.5. The van der Waals surface area contributed by atoms with E-state index in [9.17, 15) is 13.5 Å².